The highest BCUT2D eigenvalue weighted by Crippen LogP contribution is 2.27. The Morgan fingerprint density at radius 1 is 1.07 bits per heavy atom. The van der Waals surface area contributed by atoms with E-state index in [1.54, 1.807) is 25.2 Å². The summed E-state index contributed by atoms with van der Waals surface area (Å²) in [5.74, 6) is -0.172. The first kappa shape index (κ1) is 21.1. The van der Waals surface area contributed by atoms with Gasteiger partial charge in [0.05, 0.1) is 5.69 Å². The average molecular weight is 412 g/mol. The van der Waals surface area contributed by atoms with Gasteiger partial charge in [0.1, 0.15) is 12.4 Å². The number of carbonyl (C=O) groups is 3. The lowest BCUT2D eigenvalue weighted by atomic mass is 10.1. The molecule has 0 aromatic heterocycles. The first-order valence-corrected chi connectivity index (χ1v) is 9.26. The van der Waals surface area contributed by atoms with E-state index in [1.165, 1.54) is 16.9 Å². The molecule has 30 heavy (non-hydrogen) atoms. The van der Waals surface area contributed by atoms with Crippen LogP contribution in [-0.2, 0) is 11.4 Å². The van der Waals surface area contributed by atoms with Crippen LogP contribution in [0, 0.1) is 13.8 Å². The van der Waals surface area contributed by atoms with Crippen LogP contribution in [0.25, 0.3) is 0 Å². The molecule has 1 heterocycles. The number of nitrogens with one attached hydrogen (secondary N) is 4. The van der Waals surface area contributed by atoms with Crippen LogP contribution in [0.2, 0.25) is 0 Å². The van der Waals surface area contributed by atoms with Gasteiger partial charge in [-0.05, 0) is 49.2 Å². The number of anilines is 1. The molecular weight excluding hydrogens is 388 g/mol. The van der Waals surface area contributed by atoms with Crippen LogP contribution in [0.5, 0.6) is 5.75 Å². The fourth-order valence-electron chi connectivity index (χ4n) is 2.94. The molecule has 1 aliphatic heterocycles. The van der Waals surface area contributed by atoms with Gasteiger partial charge in [0, 0.05) is 25.1 Å². The molecule has 0 radical (unpaired) electrons. The SMILES string of the molecule is CC(=O)NNC(=O)c1ccc(OCc2c(C)cccc2N2NNN(C)C2=O)c(C)c1. The van der Waals surface area contributed by atoms with E-state index in [1.807, 2.05) is 32.0 Å². The minimum Gasteiger partial charge on any atom is -0.489 e. The fraction of sp³-hybridized carbons (Fsp3) is 0.250. The Bertz CT molecular complexity index is 993. The van der Waals surface area contributed by atoms with Gasteiger partial charge in [-0.25, -0.2) is 14.8 Å². The molecule has 1 saturated heterocycles. The summed E-state index contributed by atoms with van der Waals surface area (Å²) in [6.45, 7) is 5.31. The second-order valence-corrected chi connectivity index (χ2v) is 6.88. The summed E-state index contributed by atoms with van der Waals surface area (Å²) in [5.41, 5.74) is 13.8. The van der Waals surface area contributed by atoms with Crippen molar-refractivity contribution in [3.05, 3.63) is 58.7 Å². The number of aryl methyl sites for hydroxylation is 2. The first-order chi connectivity index (χ1) is 14.3. The maximum absolute atomic E-state index is 12.3. The van der Waals surface area contributed by atoms with E-state index in [-0.39, 0.29) is 18.5 Å². The average Bonchev–Trinajstić information content (AvgIpc) is 3.04. The molecule has 10 nitrogen and oxygen atoms in total. The van der Waals surface area contributed by atoms with Crippen LogP contribution in [0.4, 0.5) is 10.5 Å². The molecule has 0 aliphatic carbocycles. The number of urea groups is 1. The summed E-state index contributed by atoms with van der Waals surface area (Å²) in [4.78, 5) is 35.3. The number of benzene rings is 2. The van der Waals surface area contributed by atoms with Gasteiger partial charge in [-0.1, -0.05) is 12.1 Å². The van der Waals surface area contributed by atoms with Gasteiger partial charge in [0.25, 0.3) is 5.91 Å². The van der Waals surface area contributed by atoms with Gasteiger partial charge in [-0.3, -0.25) is 20.4 Å². The molecule has 0 atom stereocenters. The third kappa shape index (κ3) is 4.50. The Morgan fingerprint density at radius 3 is 2.47 bits per heavy atom. The topological polar surface area (TPSA) is 115 Å². The molecule has 2 aromatic carbocycles. The normalized spacial score (nSPS) is 13.4. The molecule has 2 aromatic rings. The summed E-state index contributed by atoms with van der Waals surface area (Å²) in [6.07, 6.45) is 0. The van der Waals surface area contributed by atoms with Crippen molar-refractivity contribution in [2.75, 3.05) is 12.1 Å². The summed E-state index contributed by atoms with van der Waals surface area (Å²) in [7, 11) is 1.62. The van der Waals surface area contributed by atoms with Gasteiger partial charge in [-0.2, -0.15) is 0 Å². The molecule has 3 rings (SSSR count). The van der Waals surface area contributed by atoms with Gasteiger partial charge in [0.15, 0.2) is 0 Å². The van der Waals surface area contributed by atoms with Gasteiger partial charge in [0.2, 0.25) is 5.91 Å². The van der Waals surface area contributed by atoms with Crippen molar-refractivity contribution >= 4 is 23.5 Å². The van der Waals surface area contributed by atoms with Crippen LogP contribution in [-0.4, -0.2) is 29.9 Å². The number of hydrogen-bond donors (Lipinski definition) is 4. The predicted octanol–water partition coefficient (Wildman–Crippen LogP) is 1.46. The minimum atomic E-state index is -0.420. The summed E-state index contributed by atoms with van der Waals surface area (Å²) in [6, 6.07) is 10.4. The quantitative estimate of drug-likeness (QED) is 0.553. The number of amides is 4. The maximum atomic E-state index is 12.3. The lowest BCUT2D eigenvalue weighted by Crippen LogP contribution is -2.40. The largest absolute Gasteiger partial charge is 0.489 e. The molecule has 0 bridgehead atoms. The van der Waals surface area contributed by atoms with E-state index >= 15 is 0 Å². The number of carbonyl (C=O) groups excluding carboxylic acids is 3. The lowest BCUT2D eigenvalue weighted by Gasteiger charge is -2.20. The van der Waals surface area contributed by atoms with Crippen molar-refractivity contribution in [2.45, 2.75) is 27.4 Å². The Hall–Kier alpha value is -3.63. The zero-order valence-corrected chi connectivity index (χ0v) is 17.2. The zero-order valence-electron chi connectivity index (χ0n) is 17.2. The van der Waals surface area contributed by atoms with Crippen molar-refractivity contribution in [1.29, 1.82) is 0 Å². The highest BCUT2D eigenvalue weighted by Gasteiger charge is 2.28. The van der Waals surface area contributed by atoms with E-state index in [9.17, 15) is 14.4 Å². The smallest absolute Gasteiger partial charge is 0.355 e. The Labute approximate surface area is 174 Å². The summed E-state index contributed by atoms with van der Waals surface area (Å²) < 4.78 is 6.00. The number of hydrogen-bond acceptors (Lipinski definition) is 6. The molecule has 0 spiro atoms. The van der Waals surface area contributed by atoms with Gasteiger partial charge < -0.3 is 4.74 Å². The molecule has 0 unspecified atom stereocenters. The van der Waals surface area contributed by atoms with Crippen molar-refractivity contribution < 1.29 is 19.1 Å². The molecule has 10 heteroatoms. The Morgan fingerprint density at radius 2 is 1.83 bits per heavy atom. The van der Waals surface area contributed by atoms with E-state index in [2.05, 4.69) is 21.9 Å². The fourth-order valence-corrected chi connectivity index (χ4v) is 2.94. The molecule has 4 N–H and O–H groups in total. The standard InChI is InChI=1S/C20H24N6O4/c1-12-6-5-7-17(26-20(29)25(4)23-24-26)16(12)11-30-18-9-8-15(10-13(18)2)19(28)22-21-14(3)27/h5-10,23-24H,11H2,1-4H3,(H,21,27)(H,22,28). The minimum absolute atomic E-state index is 0.232. The van der Waals surface area contributed by atoms with Crippen molar-refractivity contribution in [1.82, 2.24) is 26.9 Å². The van der Waals surface area contributed by atoms with E-state index < -0.39 is 5.91 Å². The van der Waals surface area contributed by atoms with Crippen molar-refractivity contribution in [3.8, 4) is 5.75 Å². The van der Waals surface area contributed by atoms with Crippen LogP contribution in [0.3, 0.4) is 0 Å². The van der Waals surface area contributed by atoms with E-state index in [0.717, 1.165) is 16.7 Å². The third-order valence-corrected chi connectivity index (χ3v) is 4.60. The zero-order chi connectivity index (χ0) is 21.8. The molecule has 158 valence electrons. The number of ether oxygens (including phenoxy) is 1. The van der Waals surface area contributed by atoms with Crippen LogP contribution < -0.4 is 31.7 Å². The van der Waals surface area contributed by atoms with E-state index in [4.69, 9.17) is 4.74 Å². The highest BCUT2D eigenvalue weighted by atomic mass is 16.5. The van der Waals surface area contributed by atoms with Crippen LogP contribution >= 0.6 is 0 Å². The summed E-state index contributed by atoms with van der Waals surface area (Å²) >= 11 is 0. The number of hydrazine groups is 4. The van der Waals surface area contributed by atoms with E-state index in [0.29, 0.717) is 17.0 Å². The van der Waals surface area contributed by atoms with Crippen molar-refractivity contribution in [2.24, 2.45) is 0 Å². The third-order valence-electron chi connectivity index (χ3n) is 4.60. The molecule has 1 fully saturated rings. The second kappa shape index (κ2) is 8.80. The number of rotatable bonds is 5. The molecule has 1 aliphatic rings. The Balaban J connectivity index is 1.75. The maximum Gasteiger partial charge on any atom is 0.355 e. The predicted molar refractivity (Wildman–Crippen MR) is 110 cm³/mol. The lowest BCUT2D eigenvalue weighted by molar-refractivity contribution is -0.119. The monoisotopic (exact) mass is 412 g/mol. The molecule has 4 amide bonds. The Kier molecular flexibility index (Phi) is 6.19. The number of nitrogens with zero attached hydrogens (tertiary/aromatic N) is 2. The molecule has 0 saturated carbocycles. The van der Waals surface area contributed by atoms with Gasteiger partial charge >= 0.3 is 6.03 Å². The second-order valence-electron chi connectivity index (χ2n) is 6.88. The van der Waals surface area contributed by atoms with Crippen LogP contribution in [0.15, 0.2) is 36.4 Å². The first-order valence-electron chi connectivity index (χ1n) is 9.26. The van der Waals surface area contributed by atoms with Crippen LogP contribution in [0.1, 0.15) is 34.0 Å². The summed E-state index contributed by atoms with van der Waals surface area (Å²) in [5, 5.41) is 2.75. The van der Waals surface area contributed by atoms with Gasteiger partial charge in [-0.15, -0.1) is 11.1 Å². The highest BCUT2D eigenvalue weighted by molar-refractivity contribution is 5.95. The molecular formula is C20H24N6O4. The van der Waals surface area contributed by atoms with Crippen molar-refractivity contribution in [3.63, 3.8) is 0 Å².